The summed E-state index contributed by atoms with van der Waals surface area (Å²) >= 11 is 0. The highest BCUT2D eigenvalue weighted by molar-refractivity contribution is 5.85. The Balaban J connectivity index is 1.37. The summed E-state index contributed by atoms with van der Waals surface area (Å²) in [6.07, 6.45) is 6.11. The van der Waals surface area contributed by atoms with Gasteiger partial charge in [0.25, 0.3) is 0 Å². The SMILES string of the molecule is COc1ccc2cc(CNC(=O)C3CC4CCCCC4N3)ccc2c1. The lowest BCUT2D eigenvalue weighted by molar-refractivity contribution is -0.123. The van der Waals surface area contributed by atoms with Gasteiger partial charge in [0.15, 0.2) is 0 Å². The maximum absolute atomic E-state index is 12.5. The lowest BCUT2D eigenvalue weighted by Gasteiger charge is -2.24. The lowest BCUT2D eigenvalue weighted by atomic mass is 9.85. The van der Waals surface area contributed by atoms with E-state index in [1.54, 1.807) is 7.11 Å². The van der Waals surface area contributed by atoms with Crippen molar-refractivity contribution >= 4 is 16.7 Å². The second-order valence-electron chi connectivity index (χ2n) is 7.37. The summed E-state index contributed by atoms with van der Waals surface area (Å²) in [5, 5.41) is 8.97. The van der Waals surface area contributed by atoms with Crippen LogP contribution >= 0.6 is 0 Å². The molecule has 4 heteroatoms. The first-order valence-corrected chi connectivity index (χ1v) is 9.33. The van der Waals surface area contributed by atoms with E-state index in [2.05, 4.69) is 34.9 Å². The molecule has 2 N–H and O–H groups in total. The van der Waals surface area contributed by atoms with Crippen LogP contribution < -0.4 is 15.4 Å². The van der Waals surface area contributed by atoms with Gasteiger partial charge in [-0.1, -0.05) is 31.0 Å². The highest BCUT2D eigenvalue weighted by Crippen LogP contribution is 2.33. The second-order valence-corrected chi connectivity index (χ2v) is 7.37. The Morgan fingerprint density at radius 1 is 1.16 bits per heavy atom. The van der Waals surface area contributed by atoms with Gasteiger partial charge in [0.1, 0.15) is 5.75 Å². The molecule has 3 unspecified atom stereocenters. The molecule has 4 nitrogen and oxygen atoms in total. The minimum absolute atomic E-state index is 0.0159. The number of amides is 1. The van der Waals surface area contributed by atoms with Gasteiger partial charge in [0.05, 0.1) is 13.2 Å². The van der Waals surface area contributed by atoms with Crippen molar-refractivity contribution in [2.75, 3.05) is 7.11 Å². The van der Waals surface area contributed by atoms with Crippen molar-refractivity contribution in [2.45, 2.75) is 50.7 Å². The molecule has 1 aliphatic carbocycles. The number of carbonyl (C=O) groups excluding carboxylic acids is 1. The summed E-state index contributed by atoms with van der Waals surface area (Å²) in [6.45, 7) is 0.578. The third-order valence-electron chi connectivity index (χ3n) is 5.76. The Kier molecular flexibility index (Phi) is 4.62. The van der Waals surface area contributed by atoms with Gasteiger partial charge in [-0.05, 0) is 59.7 Å². The molecule has 1 heterocycles. The van der Waals surface area contributed by atoms with Crippen molar-refractivity contribution in [3.63, 3.8) is 0 Å². The highest BCUT2D eigenvalue weighted by Gasteiger charge is 2.37. The zero-order valence-electron chi connectivity index (χ0n) is 14.8. The van der Waals surface area contributed by atoms with E-state index in [0.29, 0.717) is 18.5 Å². The van der Waals surface area contributed by atoms with Crippen molar-refractivity contribution in [3.05, 3.63) is 42.0 Å². The zero-order valence-corrected chi connectivity index (χ0v) is 14.8. The minimum atomic E-state index is -0.0159. The normalized spacial score (nSPS) is 25.6. The number of nitrogens with one attached hydrogen (secondary N) is 2. The second kappa shape index (κ2) is 7.04. The first-order valence-electron chi connectivity index (χ1n) is 9.33. The van der Waals surface area contributed by atoms with Gasteiger partial charge in [-0.3, -0.25) is 4.79 Å². The van der Waals surface area contributed by atoms with Gasteiger partial charge >= 0.3 is 0 Å². The summed E-state index contributed by atoms with van der Waals surface area (Å²) in [6, 6.07) is 12.9. The van der Waals surface area contributed by atoms with E-state index in [4.69, 9.17) is 4.74 Å². The van der Waals surface area contributed by atoms with E-state index >= 15 is 0 Å². The van der Waals surface area contributed by atoms with E-state index in [0.717, 1.165) is 28.5 Å². The van der Waals surface area contributed by atoms with Crippen LogP contribution in [0.25, 0.3) is 10.8 Å². The molecule has 1 saturated heterocycles. The number of rotatable bonds is 4. The molecule has 1 saturated carbocycles. The van der Waals surface area contributed by atoms with Crippen LogP contribution in [0.5, 0.6) is 5.75 Å². The van der Waals surface area contributed by atoms with Crippen LogP contribution in [0.15, 0.2) is 36.4 Å². The molecule has 0 spiro atoms. The topological polar surface area (TPSA) is 50.4 Å². The van der Waals surface area contributed by atoms with Crippen LogP contribution in [0.3, 0.4) is 0 Å². The van der Waals surface area contributed by atoms with Gasteiger partial charge in [-0.15, -0.1) is 0 Å². The first-order chi connectivity index (χ1) is 12.2. The van der Waals surface area contributed by atoms with Crippen molar-refractivity contribution in [1.82, 2.24) is 10.6 Å². The van der Waals surface area contributed by atoms with Crippen molar-refractivity contribution in [2.24, 2.45) is 5.92 Å². The number of benzene rings is 2. The summed E-state index contributed by atoms with van der Waals surface area (Å²) in [5.74, 6) is 1.70. The van der Waals surface area contributed by atoms with Crippen LogP contribution in [-0.4, -0.2) is 25.1 Å². The summed E-state index contributed by atoms with van der Waals surface area (Å²) < 4.78 is 5.26. The van der Waals surface area contributed by atoms with Gasteiger partial charge in [-0.25, -0.2) is 0 Å². The molecule has 1 amide bonds. The Hall–Kier alpha value is -2.07. The number of fused-ring (bicyclic) bond motifs is 2. The average molecular weight is 338 g/mol. The van der Waals surface area contributed by atoms with Crippen LogP contribution in [0.2, 0.25) is 0 Å². The van der Waals surface area contributed by atoms with E-state index in [1.165, 1.54) is 25.7 Å². The number of hydrogen-bond acceptors (Lipinski definition) is 3. The number of ether oxygens (including phenoxy) is 1. The smallest absolute Gasteiger partial charge is 0.237 e. The molecule has 2 aromatic carbocycles. The standard InChI is InChI=1S/C21H26N2O2/c1-25-18-9-8-15-10-14(6-7-16(15)11-18)13-22-21(24)20-12-17-4-2-3-5-19(17)23-20/h6-11,17,19-20,23H,2-5,12-13H2,1H3,(H,22,24). The number of hydrogen-bond donors (Lipinski definition) is 2. The Morgan fingerprint density at radius 2 is 1.96 bits per heavy atom. The fourth-order valence-corrected chi connectivity index (χ4v) is 4.34. The lowest BCUT2D eigenvalue weighted by Crippen LogP contribution is -2.42. The van der Waals surface area contributed by atoms with E-state index in [1.807, 2.05) is 12.1 Å². The molecule has 0 bridgehead atoms. The predicted molar refractivity (Wildman–Crippen MR) is 99.6 cm³/mol. The van der Waals surface area contributed by atoms with Crippen molar-refractivity contribution in [1.29, 1.82) is 0 Å². The largest absolute Gasteiger partial charge is 0.497 e. The molecule has 25 heavy (non-hydrogen) atoms. The average Bonchev–Trinajstić information content (AvgIpc) is 3.10. The fraction of sp³-hybridized carbons (Fsp3) is 0.476. The van der Waals surface area contributed by atoms with E-state index < -0.39 is 0 Å². The molecule has 0 aromatic heterocycles. The molecular weight excluding hydrogens is 312 g/mol. The summed E-state index contributed by atoms with van der Waals surface area (Å²) in [5.41, 5.74) is 1.13. The van der Waals surface area contributed by atoms with Gasteiger partial charge < -0.3 is 15.4 Å². The first kappa shape index (κ1) is 16.4. The Bertz CT molecular complexity index is 760. The highest BCUT2D eigenvalue weighted by atomic mass is 16.5. The predicted octanol–water partition coefficient (Wildman–Crippen LogP) is 3.39. The maximum atomic E-state index is 12.5. The van der Waals surface area contributed by atoms with Crippen LogP contribution in [0.1, 0.15) is 37.7 Å². The zero-order chi connectivity index (χ0) is 17.2. The van der Waals surface area contributed by atoms with Gasteiger partial charge in [0.2, 0.25) is 5.91 Å². The van der Waals surface area contributed by atoms with Gasteiger partial charge in [-0.2, -0.15) is 0 Å². The summed E-state index contributed by atoms with van der Waals surface area (Å²) in [4.78, 5) is 12.5. The third-order valence-corrected chi connectivity index (χ3v) is 5.76. The van der Waals surface area contributed by atoms with E-state index in [9.17, 15) is 4.79 Å². The molecule has 2 aliphatic rings. The van der Waals surface area contributed by atoms with Crippen LogP contribution in [0, 0.1) is 5.92 Å². The molecule has 2 aromatic rings. The molecule has 1 aliphatic heterocycles. The third kappa shape index (κ3) is 3.49. The van der Waals surface area contributed by atoms with Crippen molar-refractivity contribution < 1.29 is 9.53 Å². The molecule has 132 valence electrons. The summed E-state index contributed by atoms with van der Waals surface area (Å²) in [7, 11) is 1.68. The molecular formula is C21H26N2O2. The monoisotopic (exact) mass is 338 g/mol. The Labute approximate surface area is 148 Å². The quantitative estimate of drug-likeness (QED) is 0.898. The molecule has 4 rings (SSSR count). The number of carbonyl (C=O) groups is 1. The van der Waals surface area contributed by atoms with E-state index in [-0.39, 0.29) is 11.9 Å². The van der Waals surface area contributed by atoms with Gasteiger partial charge in [0, 0.05) is 12.6 Å². The maximum Gasteiger partial charge on any atom is 0.237 e. The van der Waals surface area contributed by atoms with Crippen LogP contribution in [0.4, 0.5) is 0 Å². The molecule has 3 atom stereocenters. The minimum Gasteiger partial charge on any atom is -0.497 e. The van der Waals surface area contributed by atoms with Crippen LogP contribution in [-0.2, 0) is 11.3 Å². The molecule has 2 fully saturated rings. The Morgan fingerprint density at radius 3 is 2.80 bits per heavy atom. The number of methoxy groups -OCH3 is 1. The fourth-order valence-electron chi connectivity index (χ4n) is 4.34. The van der Waals surface area contributed by atoms with Crippen molar-refractivity contribution in [3.8, 4) is 5.75 Å². The molecule has 0 radical (unpaired) electrons.